The van der Waals surface area contributed by atoms with Crippen LogP contribution in [-0.4, -0.2) is 32.3 Å². The second-order valence-electron chi connectivity index (χ2n) is 7.10. The third-order valence-electron chi connectivity index (χ3n) is 5.49. The molecule has 2 aliphatic rings. The van der Waals surface area contributed by atoms with Crippen LogP contribution in [0.4, 0.5) is 5.69 Å². The van der Waals surface area contributed by atoms with Crippen molar-refractivity contribution in [3.63, 3.8) is 0 Å². The van der Waals surface area contributed by atoms with Gasteiger partial charge in [0.25, 0.3) is 0 Å². The number of nitrogens with zero attached hydrogens (tertiary/aromatic N) is 2. The van der Waals surface area contributed by atoms with Crippen LogP contribution in [0.3, 0.4) is 0 Å². The topological polar surface area (TPSA) is 101 Å². The van der Waals surface area contributed by atoms with E-state index in [4.69, 9.17) is 0 Å². The number of carbonyl (C=O) groups is 3. The van der Waals surface area contributed by atoms with Crippen molar-refractivity contribution in [2.45, 2.75) is 6.42 Å². The van der Waals surface area contributed by atoms with E-state index in [0.717, 1.165) is 0 Å². The molecule has 138 valence electrons. The van der Waals surface area contributed by atoms with Crippen LogP contribution < -0.4 is 5.32 Å². The fourth-order valence-electron chi connectivity index (χ4n) is 4.16. The van der Waals surface area contributed by atoms with Crippen molar-refractivity contribution in [3.05, 3.63) is 60.2 Å². The van der Waals surface area contributed by atoms with Crippen molar-refractivity contribution in [2.24, 2.45) is 30.7 Å². The summed E-state index contributed by atoms with van der Waals surface area (Å²) >= 11 is 0. The van der Waals surface area contributed by atoms with E-state index in [1.54, 1.807) is 48.3 Å². The molecule has 0 aliphatic heterocycles. The van der Waals surface area contributed by atoms with Gasteiger partial charge in [0, 0.05) is 30.7 Å². The zero-order valence-electron chi connectivity index (χ0n) is 14.7. The molecule has 1 fully saturated rings. The highest BCUT2D eigenvalue weighted by Crippen LogP contribution is 2.48. The molecule has 7 heteroatoms. The Morgan fingerprint density at radius 2 is 1.78 bits per heavy atom. The highest BCUT2D eigenvalue weighted by atomic mass is 16.4. The molecular weight excluding hydrogens is 346 g/mol. The lowest BCUT2D eigenvalue weighted by molar-refractivity contribution is -0.146. The van der Waals surface area contributed by atoms with Gasteiger partial charge < -0.3 is 15.0 Å². The number of anilines is 1. The largest absolute Gasteiger partial charge is 0.481 e. The average molecular weight is 365 g/mol. The summed E-state index contributed by atoms with van der Waals surface area (Å²) in [5.74, 6) is -2.42. The minimum atomic E-state index is -0.928. The Bertz CT molecular complexity index is 944. The Hall–Kier alpha value is -3.22. The summed E-state index contributed by atoms with van der Waals surface area (Å²) in [7, 11) is 1.75. The van der Waals surface area contributed by atoms with Gasteiger partial charge in [0.2, 0.25) is 11.7 Å². The highest BCUT2D eigenvalue weighted by Gasteiger charge is 2.51. The molecule has 4 atom stereocenters. The van der Waals surface area contributed by atoms with Gasteiger partial charge >= 0.3 is 5.97 Å². The zero-order chi connectivity index (χ0) is 19.1. The standard InChI is InChI=1S/C20H19N3O4/c1-23-9-8-21-18(23)17(24)11-4-6-14(7-5-11)22-19(25)15-12-2-3-13(10-12)16(15)20(26)27/h2-9,12-13,15-16H,10H2,1H3,(H,22,25)(H,26,27)/t12-,13-,15-,16-/m0/s1. The molecule has 2 bridgehead atoms. The van der Waals surface area contributed by atoms with Crippen molar-refractivity contribution in [1.29, 1.82) is 0 Å². The molecule has 0 radical (unpaired) electrons. The number of nitrogens with one attached hydrogen (secondary N) is 1. The number of carboxylic acid groups (broad SMARTS) is 1. The second kappa shape index (κ2) is 6.50. The molecule has 1 aromatic carbocycles. The maximum atomic E-state index is 12.7. The summed E-state index contributed by atoms with van der Waals surface area (Å²) < 4.78 is 1.65. The Kier molecular flexibility index (Phi) is 4.14. The Balaban J connectivity index is 1.48. The number of imidazole rings is 1. The van der Waals surface area contributed by atoms with Gasteiger partial charge in [-0.25, -0.2) is 4.98 Å². The van der Waals surface area contributed by atoms with Crippen molar-refractivity contribution in [2.75, 3.05) is 5.32 Å². The predicted octanol–water partition coefficient (Wildman–Crippen LogP) is 2.11. The molecule has 4 rings (SSSR count). The number of allylic oxidation sites excluding steroid dienone is 2. The van der Waals surface area contributed by atoms with E-state index in [1.807, 2.05) is 12.2 Å². The Morgan fingerprint density at radius 1 is 1.11 bits per heavy atom. The summed E-state index contributed by atoms with van der Waals surface area (Å²) in [5, 5.41) is 12.3. The number of rotatable bonds is 5. The number of benzene rings is 1. The lowest BCUT2D eigenvalue weighted by Gasteiger charge is -2.23. The van der Waals surface area contributed by atoms with Crippen LogP contribution in [-0.2, 0) is 16.6 Å². The van der Waals surface area contributed by atoms with Gasteiger partial charge in [-0.05, 0) is 42.5 Å². The lowest BCUT2D eigenvalue weighted by atomic mass is 9.82. The van der Waals surface area contributed by atoms with Gasteiger partial charge in [-0.2, -0.15) is 0 Å². The number of fused-ring (bicyclic) bond motifs is 2. The number of amides is 1. The van der Waals surface area contributed by atoms with Gasteiger partial charge in [-0.3, -0.25) is 14.4 Å². The van der Waals surface area contributed by atoms with Gasteiger partial charge in [0.05, 0.1) is 11.8 Å². The summed E-state index contributed by atoms with van der Waals surface area (Å²) in [6.07, 6.45) is 7.83. The van der Waals surface area contributed by atoms with Crippen LogP contribution >= 0.6 is 0 Å². The fraction of sp³-hybridized carbons (Fsp3) is 0.300. The second-order valence-corrected chi connectivity index (χ2v) is 7.10. The normalized spacial score (nSPS) is 25.5. The summed E-state index contributed by atoms with van der Waals surface area (Å²) in [4.78, 5) is 40.7. The first-order valence-corrected chi connectivity index (χ1v) is 8.80. The molecule has 0 spiro atoms. The van der Waals surface area contributed by atoms with E-state index in [1.165, 1.54) is 0 Å². The van der Waals surface area contributed by atoms with Crippen LogP contribution in [0.5, 0.6) is 0 Å². The smallest absolute Gasteiger partial charge is 0.307 e. The maximum Gasteiger partial charge on any atom is 0.307 e. The van der Waals surface area contributed by atoms with E-state index in [0.29, 0.717) is 23.5 Å². The van der Waals surface area contributed by atoms with Crippen LogP contribution in [0.1, 0.15) is 22.6 Å². The minimum Gasteiger partial charge on any atom is -0.481 e. The molecule has 0 unspecified atom stereocenters. The molecule has 0 saturated heterocycles. The molecule has 2 aliphatic carbocycles. The van der Waals surface area contributed by atoms with Crippen molar-refractivity contribution < 1.29 is 19.5 Å². The highest BCUT2D eigenvalue weighted by molar-refractivity contribution is 6.07. The van der Waals surface area contributed by atoms with Crippen LogP contribution in [0.25, 0.3) is 0 Å². The van der Waals surface area contributed by atoms with Gasteiger partial charge in [0.1, 0.15) is 0 Å². The monoisotopic (exact) mass is 365 g/mol. The van der Waals surface area contributed by atoms with E-state index in [9.17, 15) is 19.5 Å². The SMILES string of the molecule is Cn1ccnc1C(=O)c1ccc(NC(=O)[C@@H]2[C@@H](C(=O)O)[C@H]3C=C[C@H]2C3)cc1. The van der Waals surface area contributed by atoms with E-state index in [2.05, 4.69) is 10.3 Å². The molecule has 2 aromatic rings. The fourth-order valence-corrected chi connectivity index (χ4v) is 4.16. The molecule has 1 heterocycles. The summed E-state index contributed by atoms with van der Waals surface area (Å²) in [6.45, 7) is 0. The first kappa shape index (κ1) is 17.2. The Labute approximate surface area is 155 Å². The molecule has 27 heavy (non-hydrogen) atoms. The van der Waals surface area contributed by atoms with E-state index < -0.39 is 17.8 Å². The molecule has 7 nitrogen and oxygen atoms in total. The zero-order valence-corrected chi connectivity index (χ0v) is 14.7. The number of hydrogen-bond donors (Lipinski definition) is 2. The first-order chi connectivity index (χ1) is 13.0. The van der Waals surface area contributed by atoms with Crippen molar-refractivity contribution in [3.8, 4) is 0 Å². The number of aliphatic carboxylic acids is 1. The molecule has 1 aromatic heterocycles. The number of carbonyl (C=O) groups excluding carboxylic acids is 2. The third kappa shape index (κ3) is 2.95. The van der Waals surface area contributed by atoms with Gasteiger partial charge in [0.15, 0.2) is 5.82 Å². The summed E-state index contributed by atoms with van der Waals surface area (Å²) in [6, 6.07) is 6.55. The van der Waals surface area contributed by atoms with Crippen LogP contribution in [0, 0.1) is 23.7 Å². The molecule has 1 amide bonds. The average Bonchev–Trinajstić information content (AvgIpc) is 3.37. The van der Waals surface area contributed by atoms with Crippen LogP contribution in [0.2, 0.25) is 0 Å². The first-order valence-electron chi connectivity index (χ1n) is 8.80. The minimum absolute atomic E-state index is 0.0274. The third-order valence-corrected chi connectivity index (χ3v) is 5.49. The maximum absolute atomic E-state index is 12.7. The summed E-state index contributed by atoms with van der Waals surface area (Å²) in [5.41, 5.74) is 1.00. The van der Waals surface area contributed by atoms with Gasteiger partial charge in [-0.15, -0.1) is 0 Å². The molecule has 2 N–H and O–H groups in total. The van der Waals surface area contributed by atoms with Crippen molar-refractivity contribution >= 4 is 23.3 Å². The van der Waals surface area contributed by atoms with Crippen LogP contribution in [0.15, 0.2) is 48.8 Å². The van der Waals surface area contributed by atoms with Gasteiger partial charge in [-0.1, -0.05) is 12.2 Å². The number of hydrogen-bond acceptors (Lipinski definition) is 4. The number of carboxylic acids is 1. The number of ketones is 1. The van der Waals surface area contributed by atoms with Crippen molar-refractivity contribution in [1.82, 2.24) is 9.55 Å². The van der Waals surface area contributed by atoms with E-state index in [-0.39, 0.29) is 23.5 Å². The molecule has 1 saturated carbocycles. The number of aryl methyl sites for hydroxylation is 1. The lowest BCUT2D eigenvalue weighted by Crippen LogP contribution is -2.36. The quantitative estimate of drug-likeness (QED) is 0.624. The van der Waals surface area contributed by atoms with E-state index >= 15 is 0 Å². The molecular formula is C20H19N3O4. The number of aromatic nitrogens is 2. The predicted molar refractivity (Wildman–Crippen MR) is 97.1 cm³/mol. The Morgan fingerprint density at radius 3 is 2.37 bits per heavy atom.